The van der Waals surface area contributed by atoms with E-state index in [0.717, 1.165) is 19.3 Å². The number of rotatable bonds is 1. The minimum absolute atomic E-state index is 0.0945. The molecule has 1 aliphatic rings. The Bertz CT molecular complexity index is 205. The van der Waals surface area contributed by atoms with Gasteiger partial charge in [0.05, 0.1) is 12.5 Å². The first-order valence-electron chi connectivity index (χ1n) is 4.72. The van der Waals surface area contributed by atoms with Crippen LogP contribution in [0.25, 0.3) is 0 Å². The van der Waals surface area contributed by atoms with E-state index in [4.69, 9.17) is 16.3 Å². The van der Waals surface area contributed by atoms with Crippen molar-refractivity contribution in [3.05, 3.63) is 0 Å². The van der Waals surface area contributed by atoms with Crippen LogP contribution in [0.15, 0.2) is 0 Å². The average Bonchev–Trinajstić information content (AvgIpc) is 2.11. The van der Waals surface area contributed by atoms with E-state index in [1.165, 1.54) is 7.11 Å². The molecule has 1 saturated carbocycles. The standard InChI is InChI=1S/C10H17ClO2/c1-7-6-10(2,9(12)13-3)5-4-8(7)11/h7-8H,4-6H2,1-3H3/t7?,8-,10-/m1/s1. The van der Waals surface area contributed by atoms with Crippen LogP contribution in [-0.4, -0.2) is 18.5 Å². The van der Waals surface area contributed by atoms with Gasteiger partial charge >= 0.3 is 5.97 Å². The summed E-state index contributed by atoms with van der Waals surface area (Å²) in [6.45, 7) is 4.07. The summed E-state index contributed by atoms with van der Waals surface area (Å²) in [5, 5.41) is 0.220. The van der Waals surface area contributed by atoms with Crippen molar-refractivity contribution in [2.24, 2.45) is 11.3 Å². The van der Waals surface area contributed by atoms with E-state index in [-0.39, 0.29) is 16.8 Å². The fourth-order valence-electron chi connectivity index (χ4n) is 2.11. The Kier molecular flexibility index (Phi) is 3.23. The van der Waals surface area contributed by atoms with Gasteiger partial charge in [-0.25, -0.2) is 0 Å². The summed E-state index contributed by atoms with van der Waals surface area (Å²) in [4.78, 5) is 11.5. The van der Waals surface area contributed by atoms with Gasteiger partial charge in [0.15, 0.2) is 0 Å². The van der Waals surface area contributed by atoms with Crippen LogP contribution in [0.2, 0.25) is 0 Å². The van der Waals surface area contributed by atoms with E-state index < -0.39 is 0 Å². The number of hydrogen-bond donors (Lipinski definition) is 0. The van der Waals surface area contributed by atoms with E-state index in [0.29, 0.717) is 5.92 Å². The van der Waals surface area contributed by atoms with Crippen LogP contribution in [0, 0.1) is 11.3 Å². The molecule has 1 unspecified atom stereocenters. The summed E-state index contributed by atoms with van der Waals surface area (Å²) in [5.41, 5.74) is -0.306. The lowest BCUT2D eigenvalue weighted by molar-refractivity contribution is -0.154. The maximum Gasteiger partial charge on any atom is 0.311 e. The van der Waals surface area contributed by atoms with Gasteiger partial charge in [-0.1, -0.05) is 6.92 Å². The van der Waals surface area contributed by atoms with Crippen molar-refractivity contribution in [1.82, 2.24) is 0 Å². The van der Waals surface area contributed by atoms with E-state index in [1.54, 1.807) is 0 Å². The summed E-state index contributed by atoms with van der Waals surface area (Å²) in [7, 11) is 1.45. The summed E-state index contributed by atoms with van der Waals surface area (Å²) >= 11 is 6.09. The zero-order chi connectivity index (χ0) is 10.1. The van der Waals surface area contributed by atoms with Crippen molar-refractivity contribution < 1.29 is 9.53 Å². The Hall–Kier alpha value is -0.240. The molecule has 0 bridgehead atoms. The van der Waals surface area contributed by atoms with Crippen LogP contribution in [0.1, 0.15) is 33.1 Å². The maximum absolute atomic E-state index is 11.5. The maximum atomic E-state index is 11.5. The lowest BCUT2D eigenvalue weighted by Gasteiger charge is -2.36. The number of esters is 1. The van der Waals surface area contributed by atoms with E-state index in [1.807, 2.05) is 6.92 Å². The fraction of sp³-hybridized carbons (Fsp3) is 0.900. The second-order valence-corrected chi connectivity index (χ2v) is 4.85. The predicted molar refractivity (Wildman–Crippen MR) is 52.8 cm³/mol. The van der Waals surface area contributed by atoms with Crippen LogP contribution in [0.4, 0.5) is 0 Å². The highest BCUT2D eigenvalue weighted by Gasteiger charge is 2.41. The number of hydrogen-bond acceptors (Lipinski definition) is 2. The quantitative estimate of drug-likeness (QED) is 0.485. The van der Waals surface area contributed by atoms with E-state index in [2.05, 4.69) is 6.92 Å². The third kappa shape index (κ3) is 2.16. The van der Waals surface area contributed by atoms with Gasteiger partial charge in [-0.3, -0.25) is 4.79 Å². The highest BCUT2D eigenvalue weighted by atomic mass is 35.5. The highest BCUT2D eigenvalue weighted by Crippen LogP contribution is 2.41. The van der Waals surface area contributed by atoms with Crippen molar-refractivity contribution >= 4 is 17.6 Å². The lowest BCUT2D eigenvalue weighted by atomic mass is 9.71. The molecule has 0 spiro atoms. The summed E-state index contributed by atoms with van der Waals surface area (Å²) in [6.07, 6.45) is 2.60. The number of halogens is 1. The second kappa shape index (κ2) is 3.87. The Morgan fingerprint density at radius 3 is 2.69 bits per heavy atom. The van der Waals surface area contributed by atoms with Gasteiger partial charge in [-0.15, -0.1) is 11.6 Å². The van der Waals surface area contributed by atoms with Gasteiger partial charge in [0.25, 0.3) is 0 Å². The third-order valence-corrected chi connectivity index (χ3v) is 3.69. The Labute approximate surface area is 84.6 Å². The molecule has 0 aromatic heterocycles. The molecule has 1 aliphatic carbocycles. The van der Waals surface area contributed by atoms with Crippen molar-refractivity contribution in [3.63, 3.8) is 0 Å². The number of ether oxygens (including phenoxy) is 1. The van der Waals surface area contributed by atoms with Crippen molar-refractivity contribution in [2.45, 2.75) is 38.5 Å². The van der Waals surface area contributed by atoms with Crippen LogP contribution in [-0.2, 0) is 9.53 Å². The summed E-state index contributed by atoms with van der Waals surface area (Å²) in [5.74, 6) is 0.308. The molecule has 1 rings (SSSR count). The first-order chi connectivity index (χ1) is 5.99. The third-order valence-electron chi connectivity index (χ3n) is 3.04. The summed E-state index contributed by atoms with van der Waals surface area (Å²) < 4.78 is 4.79. The second-order valence-electron chi connectivity index (χ2n) is 4.29. The Morgan fingerprint density at radius 2 is 2.23 bits per heavy atom. The lowest BCUT2D eigenvalue weighted by Crippen LogP contribution is -2.37. The SMILES string of the molecule is COC(=O)[C@]1(C)CC[C@@H](Cl)C(C)C1. The number of carbonyl (C=O) groups is 1. The minimum Gasteiger partial charge on any atom is -0.469 e. The zero-order valence-corrected chi connectivity index (χ0v) is 9.23. The molecule has 1 fully saturated rings. The zero-order valence-electron chi connectivity index (χ0n) is 8.47. The van der Waals surface area contributed by atoms with Crippen molar-refractivity contribution in [2.75, 3.05) is 7.11 Å². The number of alkyl halides is 1. The van der Waals surface area contributed by atoms with Gasteiger partial charge in [0.1, 0.15) is 0 Å². The highest BCUT2D eigenvalue weighted by molar-refractivity contribution is 6.20. The average molecular weight is 205 g/mol. The van der Waals surface area contributed by atoms with Crippen LogP contribution in [0.5, 0.6) is 0 Å². The molecule has 0 saturated heterocycles. The first kappa shape index (κ1) is 10.8. The molecule has 0 aromatic carbocycles. The van der Waals surface area contributed by atoms with E-state index in [9.17, 15) is 4.79 Å². The van der Waals surface area contributed by atoms with Crippen LogP contribution < -0.4 is 0 Å². The van der Waals surface area contributed by atoms with Gasteiger partial charge in [0, 0.05) is 5.38 Å². The smallest absolute Gasteiger partial charge is 0.311 e. The number of methoxy groups -OCH3 is 1. The predicted octanol–water partition coefficient (Wildman–Crippen LogP) is 2.59. The molecule has 2 nitrogen and oxygen atoms in total. The largest absolute Gasteiger partial charge is 0.469 e. The normalized spacial score (nSPS) is 40.0. The van der Waals surface area contributed by atoms with E-state index >= 15 is 0 Å². The van der Waals surface area contributed by atoms with Crippen molar-refractivity contribution in [1.29, 1.82) is 0 Å². The van der Waals surface area contributed by atoms with Gasteiger partial charge < -0.3 is 4.74 Å². The molecule has 0 aliphatic heterocycles. The van der Waals surface area contributed by atoms with Crippen LogP contribution >= 0.6 is 11.6 Å². The molecule has 76 valence electrons. The molecule has 3 atom stereocenters. The molecule has 0 N–H and O–H groups in total. The minimum atomic E-state index is -0.306. The molecule has 0 aromatic rings. The monoisotopic (exact) mass is 204 g/mol. The molecule has 0 radical (unpaired) electrons. The molecule has 3 heteroatoms. The van der Waals surface area contributed by atoms with Gasteiger partial charge in [0.2, 0.25) is 0 Å². The summed E-state index contributed by atoms with van der Waals surface area (Å²) in [6, 6.07) is 0. The van der Waals surface area contributed by atoms with Crippen LogP contribution in [0.3, 0.4) is 0 Å². The topological polar surface area (TPSA) is 26.3 Å². The molecule has 13 heavy (non-hydrogen) atoms. The molecule has 0 amide bonds. The Morgan fingerprint density at radius 1 is 1.62 bits per heavy atom. The molecular formula is C10H17ClO2. The first-order valence-corrected chi connectivity index (χ1v) is 5.16. The van der Waals surface area contributed by atoms with Gasteiger partial charge in [-0.05, 0) is 32.1 Å². The molecular weight excluding hydrogens is 188 g/mol. The van der Waals surface area contributed by atoms with Gasteiger partial charge in [-0.2, -0.15) is 0 Å². The Balaban J connectivity index is 2.66. The van der Waals surface area contributed by atoms with Crippen molar-refractivity contribution in [3.8, 4) is 0 Å². The molecule has 0 heterocycles. The number of carbonyl (C=O) groups excluding carboxylic acids is 1. The fourth-order valence-corrected chi connectivity index (χ4v) is 2.31.